The van der Waals surface area contributed by atoms with Gasteiger partial charge in [0, 0.05) is 24.9 Å². The molecule has 1 heterocycles. The van der Waals surface area contributed by atoms with Crippen molar-refractivity contribution in [3.8, 4) is 0 Å². The molecule has 1 aromatic heterocycles. The predicted molar refractivity (Wildman–Crippen MR) is 83.1 cm³/mol. The van der Waals surface area contributed by atoms with Crippen LogP contribution in [0, 0.1) is 19.8 Å². The fourth-order valence-electron chi connectivity index (χ4n) is 2.26. The van der Waals surface area contributed by atoms with Crippen molar-refractivity contribution in [3.63, 3.8) is 0 Å². The van der Waals surface area contributed by atoms with Crippen molar-refractivity contribution in [1.29, 1.82) is 0 Å². The van der Waals surface area contributed by atoms with Crippen LogP contribution in [0.1, 0.15) is 43.0 Å². The van der Waals surface area contributed by atoms with Crippen LogP contribution in [0.3, 0.4) is 0 Å². The van der Waals surface area contributed by atoms with Crippen molar-refractivity contribution in [2.75, 3.05) is 26.8 Å². The Morgan fingerprint density at radius 2 is 1.75 bits per heavy atom. The van der Waals surface area contributed by atoms with Crippen molar-refractivity contribution in [3.05, 3.63) is 22.8 Å². The van der Waals surface area contributed by atoms with Crippen molar-refractivity contribution in [2.24, 2.45) is 5.92 Å². The molecule has 0 aliphatic rings. The zero-order valence-electron chi connectivity index (χ0n) is 13.6. The summed E-state index contributed by atoms with van der Waals surface area (Å²) in [4.78, 5) is 9.17. The second-order valence-electron chi connectivity index (χ2n) is 5.73. The van der Waals surface area contributed by atoms with Crippen molar-refractivity contribution >= 4 is 0 Å². The third kappa shape index (κ3) is 5.97. The highest BCUT2D eigenvalue weighted by Gasteiger charge is 2.08. The Morgan fingerprint density at radius 3 is 2.30 bits per heavy atom. The van der Waals surface area contributed by atoms with E-state index in [1.807, 2.05) is 0 Å². The van der Waals surface area contributed by atoms with Gasteiger partial charge in [0.15, 0.2) is 0 Å². The number of hydrogen-bond acceptors (Lipinski definition) is 4. The van der Waals surface area contributed by atoms with E-state index in [2.05, 4.69) is 43.0 Å². The van der Waals surface area contributed by atoms with E-state index in [9.17, 15) is 0 Å². The van der Waals surface area contributed by atoms with Crippen LogP contribution in [-0.2, 0) is 17.6 Å². The Hall–Kier alpha value is -1.00. The molecule has 0 atom stereocenters. The van der Waals surface area contributed by atoms with Gasteiger partial charge in [0.1, 0.15) is 5.82 Å². The Balaban J connectivity index is 2.49. The number of ether oxygens (including phenoxy) is 1. The zero-order valence-corrected chi connectivity index (χ0v) is 13.6. The fourth-order valence-corrected chi connectivity index (χ4v) is 2.26. The summed E-state index contributed by atoms with van der Waals surface area (Å²) >= 11 is 0. The van der Waals surface area contributed by atoms with Gasteiger partial charge in [0.25, 0.3) is 0 Å². The van der Waals surface area contributed by atoms with Gasteiger partial charge in [-0.2, -0.15) is 0 Å². The van der Waals surface area contributed by atoms with E-state index >= 15 is 0 Å². The quantitative estimate of drug-likeness (QED) is 0.705. The minimum Gasteiger partial charge on any atom is -0.384 e. The van der Waals surface area contributed by atoms with Crippen LogP contribution in [0.4, 0.5) is 0 Å². The molecule has 0 bridgehead atoms. The second-order valence-corrected chi connectivity index (χ2v) is 5.73. The van der Waals surface area contributed by atoms with Crippen LogP contribution in [0.5, 0.6) is 0 Å². The molecular weight excluding hydrogens is 250 g/mol. The van der Waals surface area contributed by atoms with Crippen LogP contribution < -0.4 is 5.32 Å². The maximum absolute atomic E-state index is 5.08. The summed E-state index contributed by atoms with van der Waals surface area (Å²) in [6.45, 7) is 11.5. The molecule has 0 radical (unpaired) electrons. The molecular formula is C16H29N3O. The third-order valence-electron chi connectivity index (χ3n) is 3.33. The first-order valence-corrected chi connectivity index (χ1v) is 7.57. The molecule has 1 rings (SSSR count). The molecule has 0 fully saturated rings. The van der Waals surface area contributed by atoms with Gasteiger partial charge in [-0.05, 0) is 51.3 Å². The van der Waals surface area contributed by atoms with Gasteiger partial charge in [0.05, 0.1) is 6.61 Å². The molecule has 4 nitrogen and oxygen atoms in total. The maximum Gasteiger partial charge on any atom is 0.131 e. The molecule has 0 amide bonds. The van der Waals surface area contributed by atoms with Gasteiger partial charge >= 0.3 is 0 Å². The molecule has 0 aromatic carbocycles. The topological polar surface area (TPSA) is 47.0 Å². The summed E-state index contributed by atoms with van der Waals surface area (Å²) < 4.78 is 5.08. The normalized spacial score (nSPS) is 11.3. The zero-order chi connectivity index (χ0) is 15.0. The maximum atomic E-state index is 5.08. The predicted octanol–water partition coefficient (Wildman–Crippen LogP) is 2.46. The Kier molecular flexibility index (Phi) is 7.70. The van der Waals surface area contributed by atoms with E-state index in [-0.39, 0.29) is 0 Å². The SMILES string of the molecule is COCCc1nc(C)c(CCCNCC(C)C)c(C)n1. The number of aryl methyl sites for hydroxylation is 2. The van der Waals surface area contributed by atoms with Gasteiger partial charge in [0.2, 0.25) is 0 Å². The van der Waals surface area contributed by atoms with Gasteiger partial charge in [-0.25, -0.2) is 9.97 Å². The summed E-state index contributed by atoms with van der Waals surface area (Å²) in [5.41, 5.74) is 3.54. The fraction of sp³-hybridized carbons (Fsp3) is 0.750. The van der Waals surface area contributed by atoms with Crippen LogP contribution in [0.15, 0.2) is 0 Å². The summed E-state index contributed by atoms with van der Waals surface area (Å²) in [5.74, 6) is 1.60. The minimum absolute atomic E-state index is 0.678. The van der Waals surface area contributed by atoms with Crippen molar-refractivity contribution in [1.82, 2.24) is 15.3 Å². The Bertz CT molecular complexity index is 382. The highest BCUT2D eigenvalue weighted by atomic mass is 16.5. The number of aromatic nitrogens is 2. The molecule has 0 spiro atoms. The molecule has 1 N–H and O–H groups in total. The highest BCUT2D eigenvalue weighted by molar-refractivity contribution is 5.24. The van der Waals surface area contributed by atoms with Crippen molar-refractivity contribution in [2.45, 2.75) is 47.0 Å². The lowest BCUT2D eigenvalue weighted by Crippen LogP contribution is -2.21. The molecule has 0 saturated carbocycles. The molecule has 0 aliphatic carbocycles. The van der Waals surface area contributed by atoms with E-state index in [0.717, 1.165) is 49.6 Å². The molecule has 0 unspecified atom stereocenters. The molecule has 0 saturated heterocycles. The number of methoxy groups -OCH3 is 1. The highest BCUT2D eigenvalue weighted by Crippen LogP contribution is 2.12. The van der Waals surface area contributed by atoms with Crippen LogP contribution in [-0.4, -0.2) is 36.8 Å². The van der Waals surface area contributed by atoms with E-state index in [0.29, 0.717) is 12.5 Å². The Labute approximate surface area is 123 Å². The van der Waals surface area contributed by atoms with E-state index in [1.165, 1.54) is 5.56 Å². The van der Waals surface area contributed by atoms with Gasteiger partial charge in [-0.1, -0.05) is 13.8 Å². The lowest BCUT2D eigenvalue weighted by molar-refractivity contribution is 0.200. The molecule has 4 heteroatoms. The van der Waals surface area contributed by atoms with Gasteiger partial charge < -0.3 is 10.1 Å². The average molecular weight is 279 g/mol. The lowest BCUT2D eigenvalue weighted by Gasteiger charge is -2.12. The van der Waals surface area contributed by atoms with Gasteiger partial charge in [-0.3, -0.25) is 0 Å². The monoisotopic (exact) mass is 279 g/mol. The first kappa shape index (κ1) is 17.1. The number of nitrogens with zero attached hydrogens (tertiary/aromatic N) is 2. The largest absolute Gasteiger partial charge is 0.384 e. The van der Waals surface area contributed by atoms with E-state index in [1.54, 1.807) is 7.11 Å². The van der Waals surface area contributed by atoms with E-state index in [4.69, 9.17) is 4.74 Å². The summed E-state index contributed by atoms with van der Waals surface area (Å²) in [7, 11) is 1.71. The molecule has 114 valence electrons. The number of nitrogens with one attached hydrogen (secondary N) is 1. The number of rotatable bonds is 9. The molecule has 20 heavy (non-hydrogen) atoms. The second kappa shape index (κ2) is 9.03. The minimum atomic E-state index is 0.678. The third-order valence-corrected chi connectivity index (χ3v) is 3.33. The first-order valence-electron chi connectivity index (χ1n) is 7.57. The first-order chi connectivity index (χ1) is 9.54. The molecule has 1 aromatic rings. The summed E-state index contributed by atoms with van der Waals surface area (Å²) in [5, 5.41) is 3.48. The lowest BCUT2D eigenvalue weighted by atomic mass is 10.1. The van der Waals surface area contributed by atoms with E-state index < -0.39 is 0 Å². The van der Waals surface area contributed by atoms with Gasteiger partial charge in [-0.15, -0.1) is 0 Å². The average Bonchev–Trinajstić information content (AvgIpc) is 2.38. The van der Waals surface area contributed by atoms with Crippen LogP contribution >= 0.6 is 0 Å². The standard InChI is InChI=1S/C16H29N3O/c1-12(2)11-17-9-6-7-15-13(3)18-16(8-10-20-5)19-14(15)4/h12,17H,6-11H2,1-5H3. The van der Waals surface area contributed by atoms with Crippen LogP contribution in [0.25, 0.3) is 0 Å². The summed E-state index contributed by atoms with van der Waals surface area (Å²) in [6, 6.07) is 0. The number of hydrogen-bond donors (Lipinski definition) is 1. The Morgan fingerprint density at radius 1 is 1.10 bits per heavy atom. The summed E-state index contributed by atoms with van der Waals surface area (Å²) in [6.07, 6.45) is 2.97. The molecule has 0 aliphatic heterocycles. The van der Waals surface area contributed by atoms with Crippen molar-refractivity contribution < 1.29 is 4.74 Å². The smallest absolute Gasteiger partial charge is 0.131 e. The van der Waals surface area contributed by atoms with Crippen LogP contribution in [0.2, 0.25) is 0 Å².